The van der Waals surface area contributed by atoms with Gasteiger partial charge in [-0.1, -0.05) is 12.1 Å². The van der Waals surface area contributed by atoms with Crippen molar-refractivity contribution in [1.29, 1.82) is 0 Å². The molecule has 0 aromatic carbocycles. The molecule has 0 amide bonds. The van der Waals surface area contributed by atoms with Crippen LogP contribution in [0.15, 0.2) is 35.0 Å². The monoisotopic (exact) mass is 321 g/mol. The van der Waals surface area contributed by atoms with Crippen molar-refractivity contribution in [2.45, 2.75) is 44.2 Å². The minimum absolute atomic E-state index is 0.437. The molecule has 0 radical (unpaired) electrons. The zero-order valence-electron chi connectivity index (χ0n) is 12.3. The molecule has 1 aliphatic rings. The molecule has 1 N–H and O–H groups in total. The Morgan fingerprint density at radius 2 is 2.10 bits per heavy atom. The summed E-state index contributed by atoms with van der Waals surface area (Å²) >= 11 is 3.70. The molecule has 114 valence electrons. The summed E-state index contributed by atoms with van der Waals surface area (Å²) in [5.41, 5.74) is 0. The average Bonchev–Trinajstić information content (AvgIpc) is 3.21. The van der Waals surface area contributed by atoms with Crippen molar-refractivity contribution in [2.24, 2.45) is 0 Å². The van der Waals surface area contributed by atoms with Crippen LogP contribution in [0.2, 0.25) is 0 Å². The lowest BCUT2D eigenvalue weighted by atomic mass is 10.1. The van der Waals surface area contributed by atoms with Gasteiger partial charge in [0.15, 0.2) is 0 Å². The van der Waals surface area contributed by atoms with Gasteiger partial charge in [0.25, 0.3) is 0 Å². The second-order valence-electron chi connectivity index (χ2n) is 5.58. The van der Waals surface area contributed by atoms with Crippen LogP contribution in [0.4, 0.5) is 0 Å². The fraction of sp³-hybridized carbons (Fsp3) is 0.529. The standard InChI is InChI=1S/C17H23NOS2/c1-2-10-19-14(5-1)8-9-18-16(17-7-4-12-21-17)13-15-6-3-11-20-15/h3-4,6-7,11-12,14,16,18H,1-2,5,8-10,13H2. The van der Waals surface area contributed by atoms with Gasteiger partial charge in [-0.3, -0.25) is 0 Å². The van der Waals surface area contributed by atoms with Crippen molar-refractivity contribution in [2.75, 3.05) is 13.2 Å². The van der Waals surface area contributed by atoms with Gasteiger partial charge in [-0.05, 0) is 55.1 Å². The summed E-state index contributed by atoms with van der Waals surface area (Å²) in [4.78, 5) is 2.89. The van der Waals surface area contributed by atoms with Gasteiger partial charge in [0, 0.05) is 28.8 Å². The molecule has 3 rings (SSSR count). The molecule has 21 heavy (non-hydrogen) atoms. The molecular formula is C17H23NOS2. The number of ether oxygens (including phenoxy) is 1. The van der Waals surface area contributed by atoms with E-state index in [-0.39, 0.29) is 0 Å². The van der Waals surface area contributed by atoms with Gasteiger partial charge >= 0.3 is 0 Å². The van der Waals surface area contributed by atoms with Crippen molar-refractivity contribution in [1.82, 2.24) is 5.32 Å². The number of nitrogens with one attached hydrogen (secondary N) is 1. The normalized spacial score (nSPS) is 20.5. The third kappa shape index (κ3) is 4.65. The summed E-state index contributed by atoms with van der Waals surface area (Å²) in [6, 6.07) is 9.20. The van der Waals surface area contributed by atoms with Crippen molar-refractivity contribution in [3.8, 4) is 0 Å². The molecule has 2 unspecified atom stereocenters. The van der Waals surface area contributed by atoms with Gasteiger partial charge in [0.1, 0.15) is 0 Å². The summed E-state index contributed by atoms with van der Waals surface area (Å²) < 4.78 is 5.82. The largest absolute Gasteiger partial charge is 0.378 e. The van der Waals surface area contributed by atoms with E-state index in [1.54, 1.807) is 0 Å². The van der Waals surface area contributed by atoms with E-state index in [1.807, 2.05) is 22.7 Å². The minimum Gasteiger partial charge on any atom is -0.378 e. The Morgan fingerprint density at radius 3 is 2.81 bits per heavy atom. The lowest BCUT2D eigenvalue weighted by molar-refractivity contribution is 0.0112. The fourth-order valence-corrected chi connectivity index (χ4v) is 4.40. The molecule has 1 aliphatic heterocycles. The minimum atomic E-state index is 0.437. The maximum Gasteiger partial charge on any atom is 0.0587 e. The molecular weight excluding hydrogens is 298 g/mol. The van der Waals surface area contributed by atoms with Crippen LogP contribution in [0.25, 0.3) is 0 Å². The van der Waals surface area contributed by atoms with E-state index >= 15 is 0 Å². The number of thiophene rings is 2. The lowest BCUT2D eigenvalue weighted by Crippen LogP contribution is -2.28. The fourth-order valence-electron chi connectivity index (χ4n) is 2.85. The van der Waals surface area contributed by atoms with Crippen LogP contribution in [0, 0.1) is 0 Å². The Hall–Kier alpha value is -0.680. The SMILES string of the molecule is c1csc(CC(NCCC2CCCCO2)c2cccs2)c1. The molecule has 2 aromatic heterocycles. The van der Waals surface area contributed by atoms with E-state index in [4.69, 9.17) is 4.74 Å². The van der Waals surface area contributed by atoms with E-state index < -0.39 is 0 Å². The Bertz CT molecular complexity index is 489. The highest BCUT2D eigenvalue weighted by atomic mass is 32.1. The lowest BCUT2D eigenvalue weighted by Gasteiger charge is -2.24. The number of hydrogen-bond acceptors (Lipinski definition) is 4. The zero-order chi connectivity index (χ0) is 14.3. The van der Waals surface area contributed by atoms with Gasteiger partial charge in [0.05, 0.1) is 6.10 Å². The van der Waals surface area contributed by atoms with Gasteiger partial charge in [0.2, 0.25) is 0 Å². The average molecular weight is 322 g/mol. The maximum atomic E-state index is 5.82. The number of rotatable bonds is 7. The van der Waals surface area contributed by atoms with E-state index in [2.05, 4.69) is 40.3 Å². The topological polar surface area (TPSA) is 21.3 Å². The van der Waals surface area contributed by atoms with Gasteiger partial charge < -0.3 is 10.1 Å². The van der Waals surface area contributed by atoms with Crippen molar-refractivity contribution >= 4 is 22.7 Å². The molecule has 3 heterocycles. The summed E-state index contributed by atoms with van der Waals surface area (Å²) in [5, 5.41) is 8.08. The van der Waals surface area contributed by atoms with Gasteiger partial charge in [-0.15, -0.1) is 22.7 Å². The second-order valence-corrected chi connectivity index (χ2v) is 7.59. The smallest absolute Gasteiger partial charge is 0.0587 e. The quantitative estimate of drug-likeness (QED) is 0.802. The summed E-state index contributed by atoms with van der Waals surface area (Å²) in [5.74, 6) is 0. The predicted molar refractivity (Wildman–Crippen MR) is 91.3 cm³/mol. The van der Waals surface area contributed by atoms with E-state index in [0.29, 0.717) is 12.1 Å². The summed E-state index contributed by atoms with van der Waals surface area (Å²) in [7, 11) is 0. The molecule has 0 spiro atoms. The molecule has 1 fully saturated rings. The molecule has 0 aliphatic carbocycles. The highest BCUT2D eigenvalue weighted by Gasteiger charge is 2.16. The molecule has 0 bridgehead atoms. The van der Waals surface area contributed by atoms with E-state index in [0.717, 1.165) is 26.0 Å². The third-order valence-electron chi connectivity index (χ3n) is 4.00. The Kier molecular flexibility index (Phi) is 5.86. The highest BCUT2D eigenvalue weighted by molar-refractivity contribution is 7.10. The first-order chi connectivity index (χ1) is 10.4. The molecule has 1 saturated heterocycles. The van der Waals surface area contributed by atoms with Crippen LogP contribution in [0.3, 0.4) is 0 Å². The molecule has 2 atom stereocenters. The van der Waals surface area contributed by atoms with E-state index in [9.17, 15) is 0 Å². The predicted octanol–water partition coefficient (Wildman–Crippen LogP) is 4.64. The Balaban J connectivity index is 1.52. The van der Waals surface area contributed by atoms with Crippen LogP contribution in [-0.4, -0.2) is 19.3 Å². The van der Waals surface area contributed by atoms with Crippen molar-refractivity contribution in [3.63, 3.8) is 0 Å². The Morgan fingerprint density at radius 1 is 1.19 bits per heavy atom. The zero-order valence-corrected chi connectivity index (χ0v) is 13.9. The van der Waals surface area contributed by atoms with Crippen molar-refractivity contribution in [3.05, 3.63) is 44.8 Å². The van der Waals surface area contributed by atoms with Crippen LogP contribution in [0.5, 0.6) is 0 Å². The Labute approximate surface area is 135 Å². The molecule has 0 saturated carbocycles. The summed E-state index contributed by atoms with van der Waals surface area (Å²) in [6.45, 7) is 1.99. The number of hydrogen-bond donors (Lipinski definition) is 1. The second kappa shape index (κ2) is 8.08. The summed E-state index contributed by atoms with van der Waals surface area (Å²) in [6.07, 6.45) is 6.48. The first kappa shape index (κ1) is 15.2. The molecule has 2 nitrogen and oxygen atoms in total. The third-order valence-corrected chi connectivity index (χ3v) is 5.89. The van der Waals surface area contributed by atoms with Crippen molar-refractivity contribution < 1.29 is 4.74 Å². The molecule has 4 heteroatoms. The van der Waals surface area contributed by atoms with Crippen LogP contribution >= 0.6 is 22.7 Å². The first-order valence-electron chi connectivity index (χ1n) is 7.82. The van der Waals surface area contributed by atoms with Crippen LogP contribution < -0.4 is 5.32 Å². The van der Waals surface area contributed by atoms with Crippen LogP contribution in [-0.2, 0) is 11.2 Å². The van der Waals surface area contributed by atoms with E-state index in [1.165, 1.54) is 29.0 Å². The van der Waals surface area contributed by atoms with Gasteiger partial charge in [-0.25, -0.2) is 0 Å². The van der Waals surface area contributed by atoms with Crippen LogP contribution in [0.1, 0.15) is 41.5 Å². The highest BCUT2D eigenvalue weighted by Crippen LogP contribution is 2.25. The maximum absolute atomic E-state index is 5.82. The molecule has 2 aromatic rings. The van der Waals surface area contributed by atoms with Gasteiger partial charge in [-0.2, -0.15) is 0 Å². The first-order valence-corrected chi connectivity index (χ1v) is 9.58.